The molecule has 2 atom stereocenters. The van der Waals surface area contributed by atoms with Crippen molar-refractivity contribution in [1.29, 1.82) is 0 Å². The molecule has 1 saturated heterocycles. The number of nitrogens with zero attached hydrogens (tertiary/aromatic N) is 1. The van der Waals surface area contributed by atoms with Gasteiger partial charge in [-0.1, -0.05) is 19.0 Å². The summed E-state index contributed by atoms with van der Waals surface area (Å²) >= 11 is 0. The Hall–Kier alpha value is -0.570. The molecule has 2 unspecified atom stereocenters. The molecule has 0 saturated carbocycles. The molecule has 2 heterocycles. The Morgan fingerprint density at radius 2 is 2.36 bits per heavy atom. The van der Waals surface area contributed by atoms with Gasteiger partial charge < -0.3 is 9.57 Å². The van der Waals surface area contributed by atoms with Crippen molar-refractivity contribution < 1.29 is 9.57 Å². The van der Waals surface area contributed by atoms with Crippen molar-refractivity contribution in [2.45, 2.75) is 20.0 Å². The molecule has 0 N–H and O–H groups in total. The summed E-state index contributed by atoms with van der Waals surface area (Å²) in [7, 11) is 0. The van der Waals surface area contributed by atoms with Crippen LogP contribution in [-0.4, -0.2) is 25.0 Å². The van der Waals surface area contributed by atoms with Crippen molar-refractivity contribution in [3.63, 3.8) is 0 Å². The number of rotatable bonds is 1. The molecule has 0 aromatic heterocycles. The minimum Gasteiger partial charge on any atom is -0.395 e. The van der Waals surface area contributed by atoms with Crippen molar-refractivity contribution in [3.05, 3.63) is 0 Å². The molecule has 1 fully saturated rings. The molecular formula is C8H13NO2. The van der Waals surface area contributed by atoms with Crippen molar-refractivity contribution in [2.24, 2.45) is 17.0 Å². The predicted octanol–water partition coefficient (Wildman–Crippen LogP) is 1.04. The number of fused-ring (bicyclic) bond motifs is 1. The highest BCUT2D eigenvalue weighted by atomic mass is 16.6. The van der Waals surface area contributed by atoms with Gasteiger partial charge in [0.25, 0.3) is 0 Å². The average Bonchev–Trinajstić information content (AvgIpc) is 2.41. The second-order valence-electron chi connectivity index (χ2n) is 3.50. The Kier molecular flexibility index (Phi) is 1.60. The number of hydrogen-bond acceptors (Lipinski definition) is 3. The van der Waals surface area contributed by atoms with E-state index < -0.39 is 0 Å². The van der Waals surface area contributed by atoms with Gasteiger partial charge in [-0.25, -0.2) is 0 Å². The van der Waals surface area contributed by atoms with E-state index in [2.05, 4.69) is 19.0 Å². The molecule has 0 aromatic carbocycles. The first-order chi connectivity index (χ1) is 5.29. The van der Waals surface area contributed by atoms with Gasteiger partial charge in [0.2, 0.25) is 0 Å². The monoisotopic (exact) mass is 155 g/mol. The Labute approximate surface area is 66.4 Å². The summed E-state index contributed by atoms with van der Waals surface area (Å²) < 4.78 is 5.57. The van der Waals surface area contributed by atoms with E-state index in [1.54, 1.807) is 0 Å². The van der Waals surface area contributed by atoms with Gasteiger partial charge in [0, 0.05) is 0 Å². The lowest BCUT2D eigenvalue weighted by Crippen LogP contribution is -2.26. The third-order valence-corrected chi connectivity index (χ3v) is 2.34. The summed E-state index contributed by atoms with van der Waals surface area (Å²) in [4.78, 5) is 5.00. The molecular weight excluding hydrogens is 142 g/mol. The van der Waals surface area contributed by atoms with E-state index in [1.807, 2.05) is 0 Å². The molecule has 0 aromatic rings. The van der Waals surface area contributed by atoms with Crippen LogP contribution < -0.4 is 0 Å². The fourth-order valence-corrected chi connectivity index (χ4v) is 1.74. The van der Waals surface area contributed by atoms with Crippen LogP contribution in [0.5, 0.6) is 0 Å². The highest BCUT2D eigenvalue weighted by molar-refractivity contribution is 5.90. The molecule has 0 spiro atoms. The smallest absolute Gasteiger partial charge is 0.127 e. The number of ether oxygens (including phenoxy) is 1. The molecule has 2 aliphatic heterocycles. The maximum atomic E-state index is 5.57. The summed E-state index contributed by atoms with van der Waals surface area (Å²) in [5.74, 6) is 1.00. The van der Waals surface area contributed by atoms with Crippen LogP contribution >= 0.6 is 0 Å². The summed E-state index contributed by atoms with van der Waals surface area (Å²) in [6, 6.07) is 0. The second kappa shape index (κ2) is 2.48. The van der Waals surface area contributed by atoms with Crippen LogP contribution in [0.2, 0.25) is 0 Å². The van der Waals surface area contributed by atoms with Gasteiger partial charge in [-0.05, 0) is 5.92 Å². The van der Waals surface area contributed by atoms with Crippen LogP contribution in [0.3, 0.4) is 0 Å². The Morgan fingerprint density at radius 3 is 3.09 bits per heavy atom. The molecule has 0 bridgehead atoms. The molecule has 0 amide bonds. The molecule has 62 valence electrons. The Balaban J connectivity index is 2.11. The molecule has 2 aliphatic rings. The van der Waals surface area contributed by atoms with Crippen LogP contribution in [0.1, 0.15) is 13.8 Å². The highest BCUT2D eigenvalue weighted by Crippen LogP contribution is 2.28. The number of oxime groups is 1. The van der Waals surface area contributed by atoms with Crippen molar-refractivity contribution in [1.82, 2.24) is 0 Å². The van der Waals surface area contributed by atoms with Crippen molar-refractivity contribution >= 4 is 5.71 Å². The van der Waals surface area contributed by atoms with Crippen LogP contribution in [0.4, 0.5) is 0 Å². The summed E-state index contributed by atoms with van der Waals surface area (Å²) in [6.07, 6.45) is 0.330. The van der Waals surface area contributed by atoms with E-state index >= 15 is 0 Å². The lowest BCUT2D eigenvalue weighted by Gasteiger charge is -2.17. The summed E-state index contributed by atoms with van der Waals surface area (Å²) in [6.45, 7) is 5.74. The van der Waals surface area contributed by atoms with E-state index in [9.17, 15) is 0 Å². The van der Waals surface area contributed by atoms with E-state index in [-0.39, 0.29) is 0 Å². The first-order valence-electron chi connectivity index (χ1n) is 4.09. The molecule has 11 heavy (non-hydrogen) atoms. The molecule has 2 rings (SSSR count). The zero-order valence-corrected chi connectivity index (χ0v) is 6.91. The summed E-state index contributed by atoms with van der Waals surface area (Å²) in [5.41, 5.74) is 1.10. The zero-order chi connectivity index (χ0) is 7.84. The van der Waals surface area contributed by atoms with Crippen LogP contribution in [-0.2, 0) is 9.57 Å². The highest BCUT2D eigenvalue weighted by Gasteiger charge is 2.39. The normalized spacial score (nSPS) is 35.4. The maximum absolute atomic E-state index is 5.57. The molecule has 3 nitrogen and oxygen atoms in total. The van der Waals surface area contributed by atoms with E-state index in [0.29, 0.717) is 24.5 Å². The van der Waals surface area contributed by atoms with E-state index in [1.165, 1.54) is 0 Å². The average molecular weight is 155 g/mol. The maximum Gasteiger partial charge on any atom is 0.127 e. The summed E-state index contributed by atoms with van der Waals surface area (Å²) in [5, 5.41) is 3.92. The minimum absolute atomic E-state index is 0.330. The van der Waals surface area contributed by atoms with Gasteiger partial charge in [-0.2, -0.15) is 0 Å². The molecule has 3 heteroatoms. The number of hydrogen-bond donors (Lipinski definition) is 0. The van der Waals surface area contributed by atoms with Gasteiger partial charge in [0.15, 0.2) is 0 Å². The quantitative estimate of drug-likeness (QED) is 0.566. The van der Waals surface area contributed by atoms with E-state index in [0.717, 1.165) is 12.3 Å². The Morgan fingerprint density at radius 1 is 1.55 bits per heavy atom. The van der Waals surface area contributed by atoms with Crippen LogP contribution in [0.15, 0.2) is 5.16 Å². The van der Waals surface area contributed by atoms with Crippen LogP contribution in [0.25, 0.3) is 0 Å². The van der Waals surface area contributed by atoms with Gasteiger partial charge >= 0.3 is 0 Å². The van der Waals surface area contributed by atoms with Gasteiger partial charge in [-0.15, -0.1) is 0 Å². The minimum atomic E-state index is 0.330. The van der Waals surface area contributed by atoms with Crippen LogP contribution in [0, 0.1) is 11.8 Å². The standard InChI is InChI=1S/C8H13NO2/c1-5(2)8-6-3-11-9-7(6)4-10-8/h5-6,8H,3-4H2,1-2H3. The van der Waals surface area contributed by atoms with Crippen molar-refractivity contribution in [2.75, 3.05) is 13.2 Å². The zero-order valence-electron chi connectivity index (χ0n) is 6.91. The fourth-order valence-electron chi connectivity index (χ4n) is 1.74. The van der Waals surface area contributed by atoms with Gasteiger partial charge in [-0.3, -0.25) is 0 Å². The fraction of sp³-hybridized carbons (Fsp3) is 0.875. The second-order valence-corrected chi connectivity index (χ2v) is 3.50. The van der Waals surface area contributed by atoms with Gasteiger partial charge in [0.1, 0.15) is 6.61 Å². The third-order valence-electron chi connectivity index (χ3n) is 2.34. The predicted molar refractivity (Wildman–Crippen MR) is 41.5 cm³/mol. The topological polar surface area (TPSA) is 30.8 Å². The molecule has 0 aliphatic carbocycles. The largest absolute Gasteiger partial charge is 0.395 e. The molecule has 0 radical (unpaired) electrons. The Bertz CT molecular complexity index is 189. The lowest BCUT2D eigenvalue weighted by molar-refractivity contribution is 0.0244. The van der Waals surface area contributed by atoms with Crippen molar-refractivity contribution in [3.8, 4) is 0 Å². The lowest BCUT2D eigenvalue weighted by atomic mass is 9.93. The van der Waals surface area contributed by atoms with Gasteiger partial charge in [0.05, 0.1) is 24.3 Å². The first-order valence-corrected chi connectivity index (χ1v) is 4.09. The SMILES string of the molecule is CC(C)C1OCC2=NOCC21. The third kappa shape index (κ3) is 1.03. The van der Waals surface area contributed by atoms with E-state index in [4.69, 9.17) is 9.57 Å². The first kappa shape index (κ1) is 7.10.